The van der Waals surface area contributed by atoms with E-state index in [2.05, 4.69) is 25.6 Å². The highest BCUT2D eigenvalue weighted by molar-refractivity contribution is 7.15. The molecular weight excluding hydrogens is 412 g/mol. The van der Waals surface area contributed by atoms with Gasteiger partial charge in [0.1, 0.15) is 11.5 Å². The molecule has 0 aliphatic carbocycles. The number of para-hydroxylation sites is 1. The molecule has 0 aliphatic rings. The van der Waals surface area contributed by atoms with Gasteiger partial charge in [0.25, 0.3) is 0 Å². The average molecular weight is 430 g/mol. The number of aromatic nitrogens is 5. The molecule has 3 aromatic heterocycles. The first-order valence-electron chi connectivity index (χ1n) is 9.48. The van der Waals surface area contributed by atoms with Gasteiger partial charge in [-0.3, -0.25) is 0 Å². The third-order valence-corrected chi connectivity index (χ3v) is 5.57. The number of hydrogen-bond acceptors (Lipinski definition) is 8. The van der Waals surface area contributed by atoms with E-state index >= 15 is 0 Å². The van der Waals surface area contributed by atoms with Gasteiger partial charge in [0, 0.05) is 16.5 Å². The van der Waals surface area contributed by atoms with E-state index in [1.807, 2.05) is 66.0 Å². The molecule has 0 saturated heterocycles. The predicted octanol–water partition coefficient (Wildman–Crippen LogP) is 4.68. The van der Waals surface area contributed by atoms with Gasteiger partial charge in [-0.25, -0.2) is 4.52 Å². The predicted molar refractivity (Wildman–Crippen MR) is 120 cm³/mol. The highest BCUT2D eigenvalue weighted by Gasteiger charge is 2.15. The SMILES string of the molecule is COc1ccc(-c2ccc(Nc3nc4scc(-c5ccccc5OC)n4n3)nn2)cc1. The topological polar surface area (TPSA) is 86.5 Å². The summed E-state index contributed by atoms with van der Waals surface area (Å²) in [7, 11) is 3.30. The molecule has 9 heteroatoms. The lowest BCUT2D eigenvalue weighted by Gasteiger charge is -2.06. The summed E-state index contributed by atoms with van der Waals surface area (Å²) in [4.78, 5) is 5.32. The first-order chi connectivity index (χ1) is 15.2. The van der Waals surface area contributed by atoms with Crippen molar-refractivity contribution in [3.8, 4) is 34.0 Å². The largest absolute Gasteiger partial charge is 0.497 e. The summed E-state index contributed by atoms with van der Waals surface area (Å²) >= 11 is 1.51. The Balaban J connectivity index is 1.39. The zero-order valence-corrected chi connectivity index (χ0v) is 17.6. The van der Waals surface area contributed by atoms with Crippen LogP contribution in [0.4, 0.5) is 11.8 Å². The van der Waals surface area contributed by atoms with Gasteiger partial charge in [-0.2, -0.15) is 4.98 Å². The van der Waals surface area contributed by atoms with E-state index in [1.54, 1.807) is 18.7 Å². The Labute approximate surface area is 182 Å². The van der Waals surface area contributed by atoms with Crippen molar-refractivity contribution in [3.63, 3.8) is 0 Å². The van der Waals surface area contributed by atoms with Crippen LogP contribution in [0.25, 0.3) is 27.5 Å². The minimum absolute atomic E-state index is 0.453. The van der Waals surface area contributed by atoms with Gasteiger partial charge >= 0.3 is 0 Å². The molecule has 0 fully saturated rings. The number of hydrogen-bond donors (Lipinski definition) is 1. The van der Waals surface area contributed by atoms with Gasteiger partial charge in [-0.15, -0.1) is 26.6 Å². The Kier molecular flexibility index (Phi) is 4.93. The lowest BCUT2D eigenvalue weighted by atomic mass is 10.1. The van der Waals surface area contributed by atoms with Gasteiger partial charge in [0.2, 0.25) is 10.9 Å². The molecule has 3 heterocycles. The second-order valence-electron chi connectivity index (χ2n) is 6.61. The van der Waals surface area contributed by atoms with Crippen LogP contribution in [0.5, 0.6) is 11.5 Å². The van der Waals surface area contributed by atoms with Crippen molar-refractivity contribution < 1.29 is 9.47 Å². The number of anilines is 2. The number of fused-ring (bicyclic) bond motifs is 1. The van der Waals surface area contributed by atoms with E-state index < -0.39 is 0 Å². The van der Waals surface area contributed by atoms with Crippen LogP contribution < -0.4 is 14.8 Å². The standard InChI is InChI=1S/C22H18N6O2S/c1-29-15-9-7-14(8-10-15)17-11-12-20(26-25-17)23-21-24-22-28(27-21)18(13-31-22)16-5-3-4-6-19(16)30-2/h3-13H,1-2H3,(H,23,26,27). The van der Waals surface area contributed by atoms with E-state index in [9.17, 15) is 0 Å². The van der Waals surface area contributed by atoms with Gasteiger partial charge in [-0.1, -0.05) is 12.1 Å². The minimum Gasteiger partial charge on any atom is -0.497 e. The smallest absolute Gasteiger partial charge is 0.249 e. The molecule has 5 aromatic rings. The fourth-order valence-electron chi connectivity index (χ4n) is 3.21. The van der Waals surface area contributed by atoms with Crippen LogP contribution >= 0.6 is 11.3 Å². The number of nitrogens with one attached hydrogen (secondary N) is 1. The molecule has 0 saturated carbocycles. The van der Waals surface area contributed by atoms with Crippen molar-refractivity contribution in [2.24, 2.45) is 0 Å². The van der Waals surface area contributed by atoms with E-state index in [-0.39, 0.29) is 0 Å². The number of thiazole rings is 1. The molecule has 5 rings (SSSR count). The molecule has 0 amide bonds. The Hall–Kier alpha value is -3.98. The zero-order chi connectivity index (χ0) is 21.2. The first-order valence-corrected chi connectivity index (χ1v) is 10.4. The van der Waals surface area contributed by atoms with E-state index in [4.69, 9.17) is 9.47 Å². The normalized spacial score (nSPS) is 10.9. The van der Waals surface area contributed by atoms with Gasteiger partial charge in [0.05, 0.1) is 25.6 Å². The monoisotopic (exact) mass is 430 g/mol. The summed E-state index contributed by atoms with van der Waals surface area (Å²) in [6.07, 6.45) is 0. The van der Waals surface area contributed by atoms with Crippen molar-refractivity contribution in [3.05, 3.63) is 66.0 Å². The highest BCUT2D eigenvalue weighted by atomic mass is 32.1. The molecule has 0 bridgehead atoms. The summed E-state index contributed by atoms with van der Waals surface area (Å²) in [6.45, 7) is 0. The molecule has 2 aromatic carbocycles. The van der Waals surface area contributed by atoms with Crippen molar-refractivity contribution in [1.29, 1.82) is 0 Å². The second kappa shape index (κ2) is 8.04. The van der Waals surface area contributed by atoms with Crippen LogP contribution in [0, 0.1) is 0 Å². The highest BCUT2D eigenvalue weighted by Crippen LogP contribution is 2.32. The van der Waals surface area contributed by atoms with Crippen LogP contribution in [-0.4, -0.2) is 39.0 Å². The fraction of sp³-hybridized carbons (Fsp3) is 0.0909. The summed E-state index contributed by atoms with van der Waals surface area (Å²) in [6, 6.07) is 19.3. The lowest BCUT2D eigenvalue weighted by molar-refractivity contribution is 0.415. The number of benzene rings is 2. The van der Waals surface area contributed by atoms with Crippen LogP contribution in [0.2, 0.25) is 0 Å². The lowest BCUT2D eigenvalue weighted by Crippen LogP contribution is -1.99. The average Bonchev–Trinajstić information content (AvgIpc) is 3.40. The summed E-state index contributed by atoms with van der Waals surface area (Å²) in [5, 5.41) is 18.3. The Morgan fingerprint density at radius 1 is 0.903 bits per heavy atom. The van der Waals surface area contributed by atoms with E-state index in [0.717, 1.165) is 39.0 Å². The quantitative estimate of drug-likeness (QED) is 0.419. The van der Waals surface area contributed by atoms with E-state index in [0.29, 0.717) is 11.8 Å². The first kappa shape index (κ1) is 19.0. The van der Waals surface area contributed by atoms with Crippen molar-refractivity contribution >= 4 is 28.1 Å². The molecule has 0 aliphatic heterocycles. The van der Waals surface area contributed by atoms with Gasteiger partial charge in [0.15, 0.2) is 5.82 Å². The van der Waals surface area contributed by atoms with Crippen molar-refractivity contribution in [2.75, 3.05) is 19.5 Å². The zero-order valence-electron chi connectivity index (χ0n) is 16.8. The molecule has 0 spiro atoms. The Morgan fingerprint density at radius 3 is 2.48 bits per heavy atom. The molecule has 31 heavy (non-hydrogen) atoms. The maximum Gasteiger partial charge on any atom is 0.249 e. The van der Waals surface area contributed by atoms with E-state index in [1.165, 1.54) is 11.3 Å². The third-order valence-electron chi connectivity index (χ3n) is 4.75. The van der Waals surface area contributed by atoms with Crippen LogP contribution in [0.3, 0.4) is 0 Å². The maximum atomic E-state index is 5.48. The third kappa shape index (κ3) is 3.66. The second-order valence-corrected chi connectivity index (χ2v) is 7.44. The van der Waals surface area contributed by atoms with Gasteiger partial charge in [-0.05, 0) is 48.5 Å². The fourth-order valence-corrected chi connectivity index (χ4v) is 4.03. The number of methoxy groups -OCH3 is 2. The molecule has 0 atom stereocenters. The summed E-state index contributed by atoms with van der Waals surface area (Å²) < 4.78 is 12.5. The molecular formula is C22H18N6O2S. The number of ether oxygens (including phenoxy) is 2. The molecule has 154 valence electrons. The summed E-state index contributed by atoms with van der Waals surface area (Å²) in [5.41, 5.74) is 3.60. The summed E-state index contributed by atoms with van der Waals surface area (Å²) in [5.74, 6) is 2.60. The molecule has 0 radical (unpaired) electrons. The molecule has 8 nitrogen and oxygen atoms in total. The van der Waals surface area contributed by atoms with Crippen LogP contribution in [-0.2, 0) is 0 Å². The van der Waals surface area contributed by atoms with Gasteiger partial charge < -0.3 is 14.8 Å². The van der Waals surface area contributed by atoms with Crippen LogP contribution in [0.1, 0.15) is 0 Å². The van der Waals surface area contributed by atoms with Crippen LogP contribution in [0.15, 0.2) is 66.0 Å². The Morgan fingerprint density at radius 2 is 1.74 bits per heavy atom. The maximum absolute atomic E-state index is 5.48. The number of rotatable bonds is 6. The minimum atomic E-state index is 0.453. The Bertz CT molecular complexity index is 1330. The number of nitrogens with zero attached hydrogens (tertiary/aromatic N) is 5. The van der Waals surface area contributed by atoms with Crippen molar-refractivity contribution in [2.45, 2.75) is 0 Å². The van der Waals surface area contributed by atoms with Crippen molar-refractivity contribution in [1.82, 2.24) is 24.8 Å². The molecule has 1 N–H and O–H groups in total. The molecule has 0 unspecified atom stereocenters.